The van der Waals surface area contributed by atoms with Crippen LogP contribution in [0, 0.1) is 11.7 Å². The summed E-state index contributed by atoms with van der Waals surface area (Å²) < 4.78 is 15.3. The Morgan fingerprint density at radius 2 is 1.91 bits per heavy atom. The summed E-state index contributed by atoms with van der Waals surface area (Å²) in [6, 6.07) is 13.3. The number of hydrogen-bond acceptors (Lipinski definition) is 3. The largest absolute Gasteiger partial charge is 0.342 e. The molecule has 32 heavy (non-hydrogen) atoms. The molecule has 2 unspecified atom stereocenters. The molecule has 6 nitrogen and oxygen atoms in total. The van der Waals surface area contributed by atoms with Crippen LogP contribution in [0.25, 0.3) is 0 Å². The molecule has 3 aromatic rings. The minimum atomic E-state index is -0.545. The molecule has 1 saturated heterocycles. The second-order valence-corrected chi connectivity index (χ2v) is 8.54. The Bertz CT molecular complexity index is 1120. The molecule has 1 aromatic heterocycles. The van der Waals surface area contributed by atoms with Crippen molar-refractivity contribution in [2.24, 2.45) is 13.0 Å². The molecule has 7 heteroatoms. The second kappa shape index (κ2) is 8.94. The van der Waals surface area contributed by atoms with E-state index in [1.54, 1.807) is 29.4 Å². The van der Waals surface area contributed by atoms with Crippen LogP contribution in [0.15, 0.2) is 60.9 Å². The third kappa shape index (κ3) is 4.42. The Labute approximate surface area is 187 Å². The fourth-order valence-corrected chi connectivity index (χ4v) is 4.05. The average molecular weight is 435 g/mol. The van der Waals surface area contributed by atoms with Crippen LogP contribution in [0.1, 0.15) is 49.2 Å². The number of imidazole rings is 1. The first-order chi connectivity index (χ1) is 15.3. The van der Waals surface area contributed by atoms with Gasteiger partial charge in [-0.25, -0.2) is 9.37 Å². The molecule has 0 saturated carbocycles. The molecule has 0 aliphatic carbocycles. The number of nitrogens with one attached hydrogen (secondary N) is 1. The van der Waals surface area contributed by atoms with Crippen LogP contribution >= 0.6 is 0 Å². The van der Waals surface area contributed by atoms with Gasteiger partial charge in [0, 0.05) is 38.1 Å². The lowest BCUT2D eigenvalue weighted by Gasteiger charge is -2.22. The summed E-state index contributed by atoms with van der Waals surface area (Å²) in [6.45, 7) is 4.53. The van der Waals surface area contributed by atoms with Crippen molar-refractivity contribution in [3.05, 3.63) is 83.7 Å². The van der Waals surface area contributed by atoms with Gasteiger partial charge < -0.3 is 14.8 Å². The number of halogens is 1. The van der Waals surface area contributed by atoms with E-state index in [9.17, 15) is 14.0 Å². The van der Waals surface area contributed by atoms with Crippen LogP contribution in [0.4, 0.5) is 10.1 Å². The Hall–Kier alpha value is -3.48. The van der Waals surface area contributed by atoms with E-state index in [1.807, 2.05) is 35.9 Å². The minimum absolute atomic E-state index is 0.0682. The third-order valence-electron chi connectivity index (χ3n) is 5.95. The highest BCUT2D eigenvalue weighted by Gasteiger charge is 2.36. The average Bonchev–Trinajstić information content (AvgIpc) is 3.38. The van der Waals surface area contributed by atoms with Gasteiger partial charge in [-0.3, -0.25) is 9.59 Å². The van der Waals surface area contributed by atoms with Crippen LogP contribution in [-0.2, 0) is 16.6 Å². The van der Waals surface area contributed by atoms with E-state index < -0.39 is 12.0 Å². The molecular weight excluding hydrogens is 407 g/mol. The summed E-state index contributed by atoms with van der Waals surface area (Å²) in [4.78, 5) is 32.0. The van der Waals surface area contributed by atoms with Gasteiger partial charge in [0.05, 0.1) is 5.92 Å². The second-order valence-electron chi connectivity index (χ2n) is 8.54. The molecule has 1 aliphatic rings. The fourth-order valence-electron chi connectivity index (χ4n) is 4.05. The van der Waals surface area contributed by atoms with Gasteiger partial charge in [-0.2, -0.15) is 0 Å². The zero-order chi connectivity index (χ0) is 22.8. The minimum Gasteiger partial charge on any atom is -0.342 e. The molecule has 2 atom stereocenters. The fraction of sp³-hybridized carbons (Fsp3) is 0.320. The van der Waals surface area contributed by atoms with E-state index in [2.05, 4.69) is 24.1 Å². The highest BCUT2D eigenvalue weighted by atomic mass is 19.1. The van der Waals surface area contributed by atoms with Gasteiger partial charge in [0.15, 0.2) is 0 Å². The lowest BCUT2D eigenvalue weighted by Crippen LogP contribution is -2.37. The molecule has 1 aliphatic heterocycles. The molecule has 2 aromatic carbocycles. The first-order valence-electron chi connectivity index (χ1n) is 10.8. The van der Waals surface area contributed by atoms with E-state index in [1.165, 1.54) is 12.1 Å². The number of nitrogens with zero attached hydrogens (tertiary/aromatic N) is 3. The van der Waals surface area contributed by atoms with Crippen molar-refractivity contribution in [2.45, 2.75) is 32.2 Å². The number of benzene rings is 2. The Morgan fingerprint density at radius 1 is 1.16 bits per heavy atom. The number of aryl methyl sites for hydroxylation is 1. The van der Waals surface area contributed by atoms with Gasteiger partial charge in [-0.05, 0) is 41.3 Å². The summed E-state index contributed by atoms with van der Waals surface area (Å²) >= 11 is 0. The SMILES string of the molecule is CC(C)c1cccc(N2CC(C(=O)NC(c3ccc(F)cc3)c3nccn3C)CC2=O)c1. The number of carbonyl (C=O) groups is 2. The van der Waals surface area contributed by atoms with E-state index in [0.29, 0.717) is 18.3 Å². The Morgan fingerprint density at radius 3 is 2.56 bits per heavy atom. The van der Waals surface area contributed by atoms with Gasteiger partial charge in [0.2, 0.25) is 11.8 Å². The van der Waals surface area contributed by atoms with E-state index >= 15 is 0 Å². The maximum atomic E-state index is 13.5. The Balaban J connectivity index is 1.54. The van der Waals surface area contributed by atoms with Gasteiger partial charge in [-0.15, -0.1) is 0 Å². The van der Waals surface area contributed by atoms with Crippen molar-refractivity contribution in [2.75, 3.05) is 11.4 Å². The molecule has 1 fully saturated rings. The predicted octanol–water partition coefficient (Wildman–Crippen LogP) is 3.94. The van der Waals surface area contributed by atoms with E-state index in [-0.39, 0.29) is 24.1 Å². The van der Waals surface area contributed by atoms with Crippen LogP contribution in [-0.4, -0.2) is 27.9 Å². The number of rotatable bonds is 6. The van der Waals surface area contributed by atoms with Crippen LogP contribution < -0.4 is 10.2 Å². The maximum Gasteiger partial charge on any atom is 0.227 e. The molecular formula is C25H27FN4O2. The molecule has 0 spiro atoms. The third-order valence-corrected chi connectivity index (χ3v) is 5.95. The number of aromatic nitrogens is 2. The zero-order valence-electron chi connectivity index (χ0n) is 18.5. The van der Waals surface area contributed by atoms with Crippen molar-refractivity contribution in [3.63, 3.8) is 0 Å². The summed E-state index contributed by atoms with van der Waals surface area (Å²) in [6.07, 6.45) is 3.59. The van der Waals surface area contributed by atoms with Crippen molar-refractivity contribution in [1.29, 1.82) is 0 Å². The first kappa shape index (κ1) is 21.7. The normalized spacial score (nSPS) is 17.1. The summed E-state index contributed by atoms with van der Waals surface area (Å²) in [5.41, 5.74) is 2.69. The van der Waals surface area contributed by atoms with Gasteiger partial charge >= 0.3 is 0 Å². The predicted molar refractivity (Wildman–Crippen MR) is 121 cm³/mol. The van der Waals surface area contributed by atoms with Crippen LogP contribution in [0.2, 0.25) is 0 Å². The van der Waals surface area contributed by atoms with Crippen molar-refractivity contribution in [1.82, 2.24) is 14.9 Å². The van der Waals surface area contributed by atoms with Crippen molar-refractivity contribution in [3.8, 4) is 0 Å². The number of hydrogen-bond donors (Lipinski definition) is 1. The molecule has 0 radical (unpaired) electrons. The highest BCUT2D eigenvalue weighted by Crippen LogP contribution is 2.29. The van der Waals surface area contributed by atoms with Gasteiger partial charge in [-0.1, -0.05) is 38.1 Å². The van der Waals surface area contributed by atoms with Crippen LogP contribution in [0.5, 0.6) is 0 Å². The summed E-state index contributed by atoms with van der Waals surface area (Å²) in [5.74, 6) is -0.135. The topological polar surface area (TPSA) is 67.2 Å². The zero-order valence-corrected chi connectivity index (χ0v) is 18.5. The summed E-state index contributed by atoms with van der Waals surface area (Å²) in [5, 5.41) is 3.04. The van der Waals surface area contributed by atoms with Crippen molar-refractivity contribution < 1.29 is 14.0 Å². The lowest BCUT2D eigenvalue weighted by atomic mass is 10.0. The molecule has 1 N–H and O–H groups in total. The lowest BCUT2D eigenvalue weighted by molar-refractivity contribution is -0.126. The maximum absolute atomic E-state index is 13.5. The standard InChI is InChI=1S/C25H27FN4O2/c1-16(2)18-5-4-6-21(13-18)30-15-19(14-22(30)31)25(32)28-23(24-27-11-12-29(24)3)17-7-9-20(26)10-8-17/h4-13,16,19,23H,14-15H2,1-3H3,(H,28,32). The number of anilines is 1. The summed E-state index contributed by atoms with van der Waals surface area (Å²) in [7, 11) is 1.84. The van der Waals surface area contributed by atoms with E-state index in [0.717, 1.165) is 16.8 Å². The van der Waals surface area contributed by atoms with E-state index in [4.69, 9.17) is 0 Å². The number of amides is 2. The molecule has 2 amide bonds. The number of carbonyl (C=O) groups excluding carboxylic acids is 2. The van der Waals surface area contributed by atoms with Gasteiger partial charge in [0.25, 0.3) is 0 Å². The molecule has 0 bridgehead atoms. The molecule has 166 valence electrons. The van der Waals surface area contributed by atoms with Crippen LogP contribution in [0.3, 0.4) is 0 Å². The quantitative estimate of drug-likeness (QED) is 0.639. The molecule has 4 rings (SSSR count). The first-order valence-corrected chi connectivity index (χ1v) is 10.8. The monoisotopic (exact) mass is 434 g/mol. The van der Waals surface area contributed by atoms with Gasteiger partial charge in [0.1, 0.15) is 17.7 Å². The Kier molecular flexibility index (Phi) is 6.08. The highest BCUT2D eigenvalue weighted by molar-refractivity contribution is 6.00. The van der Waals surface area contributed by atoms with Crippen molar-refractivity contribution >= 4 is 17.5 Å². The molecule has 2 heterocycles. The smallest absolute Gasteiger partial charge is 0.227 e.